The van der Waals surface area contributed by atoms with Crippen LogP contribution < -0.4 is 9.57 Å². The van der Waals surface area contributed by atoms with Gasteiger partial charge in [0.05, 0.1) is 17.8 Å². The molecule has 2 N–H and O–H groups in total. The molecule has 0 saturated carbocycles. The lowest BCUT2D eigenvalue weighted by Gasteiger charge is -2.18. The number of sulfone groups is 1. The second-order valence-electron chi connectivity index (χ2n) is 6.30. The second-order valence-corrected chi connectivity index (χ2v) is 9.25. The van der Waals surface area contributed by atoms with E-state index in [1.54, 1.807) is 24.3 Å². The van der Waals surface area contributed by atoms with Gasteiger partial charge in [-0.25, -0.2) is 13.2 Å². The molecule has 0 aliphatic rings. The highest BCUT2D eigenvalue weighted by molar-refractivity contribution is 9.10. The van der Waals surface area contributed by atoms with Crippen molar-refractivity contribution in [3.63, 3.8) is 0 Å². The van der Waals surface area contributed by atoms with Crippen molar-refractivity contribution in [1.82, 2.24) is 4.73 Å². The van der Waals surface area contributed by atoms with Crippen LogP contribution in [0.15, 0.2) is 70.0 Å². The Morgan fingerprint density at radius 2 is 1.58 bits per heavy atom. The first kappa shape index (κ1) is 22.5. The number of carbonyl (C=O) groups is 1. The first-order chi connectivity index (χ1) is 14.7. The Morgan fingerprint density at radius 3 is 2.13 bits per heavy atom. The molecule has 0 fully saturated rings. The minimum atomic E-state index is -3.87. The summed E-state index contributed by atoms with van der Waals surface area (Å²) < 4.78 is 37.3. The van der Waals surface area contributed by atoms with E-state index in [0.29, 0.717) is 16.0 Å². The van der Waals surface area contributed by atoms with Crippen molar-refractivity contribution in [2.24, 2.45) is 0 Å². The Morgan fingerprint density at radius 1 is 1.00 bits per heavy atom. The number of nitrogens with zero attached hydrogens (tertiary/aromatic N) is 1. The van der Waals surface area contributed by atoms with Crippen LogP contribution in [0.25, 0.3) is 0 Å². The molecule has 1 unspecified atom stereocenters. The van der Waals surface area contributed by atoms with E-state index in [1.807, 2.05) is 0 Å². The van der Waals surface area contributed by atoms with E-state index < -0.39 is 39.6 Å². The summed E-state index contributed by atoms with van der Waals surface area (Å²) in [5.74, 6) is -1.16. The second kappa shape index (κ2) is 9.31. The highest BCUT2D eigenvalue weighted by Crippen LogP contribution is 2.27. The van der Waals surface area contributed by atoms with Crippen molar-refractivity contribution < 1.29 is 37.7 Å². The summed E-state index contributed by atoms with van der Waals surface area (Å²) in [4.78, 5) is 17.1. The van der Waals surface area contributed by atoms with Gasteiger partial charge in [-0.1, -0.05) is 28.1 Å². The molecule has 0 aliphatic carbocycles. The van der Waals surface area contributed by atoms with Crippen LogP contribution in [0.5, 0.6) is 17.5 Å². The standard InChI is InChI=1S/C20H18BrNO8S/c1-28-15-6-8-16(9-7-15)31(26,27)12-17(13-2-4-14(21)5-3-13)29-20(25)30-22-18(23)10-11-19(22)24/h2-11,17,23-24H,12H2,1H3. The van der Waals surface area contributed by atoms with Crippen LogP contribution in [-0.2, 0) is 14.6 Å². The molecule has 0 radical (unpaired) electrons. The van der Waals surface area contributed by atoms with Crippen molar-refractivity contribution in [3.8, 4) is 17.5 Å². The third-order valence-electron chi connectivity index (χ3n) is 4.23. The number of rotatable bonds is 7. The minimum Gasteiger partial charge on any atom is -0.497 e. The van der Waals surface area contributed by atoms with E-state index in [0.717, 1.165) is 16.6 Å². The summed E-state index contributed by atoms with van der Waals surface area (Å²) in [6, 6.07) is 14.5. The molecule has 1 heterocycles. The van der Waals surface area contributed by atoms with Gasteiger partial charge in [0.25, 0.3) is 0 Å². The number of hydrogen-bond acceptors (Lipinski definition) is 8. The van der Waals surface area contributed by atoms with Crippen LogP contribution in [-0.4, -0.2) is 42.4 Å². The molecular weight excluding hydrogens is 494 g/mol. The van der Waals surface area contributed by atoms with Crippen molar-refractivity contribution in [2.45, 2.75) is 11.0 Å². The van der Waals surface area contributed by atoms with E-state index >= 15 is 0 Å². The van der Waals surface area contributed by atoms with Crippen LogP contribution in [0.3, 0.4) is 0 Å². The van der Waals surface area contributed by atoms with E-state index in [4.69, 9.17) is 14.3 Å². The molecule has 0 aliphatic heterocycles. The fraction of sp³-hybridized carbons (Fsp3) is 0.150. The highest BCUT2D eigenvalue weighted by atomic mass is 79.9. The Kier molecular flexibility index (Phi) is 6.76. The van der Waals surface area contributed by atoms with E-state index in [9.17, 15) is 23.4 Å². The van der Waals surface area contributed by atoms with E-state index in [-0.39, 0.29) is 4.90 Å². The lowest BCUT2D eigenvalue weighted by molar-refractivity contribution is 0.0142. The highest BCUT2D eigenvalue weighted by Gasteiger charge is 2.27. The molecule has 2 aromatic carbocycles. The van der Waals surface area contributed by atoms with Crippen molar-refractivity contribution in [2.75, 3.05) is 12.9 Å². The molecule has 1 atom stereocenters. The van der Waals surface area contributed by atoms with Gasteiger partial charge in [0.2, 0.25) is 11.8 Å². The summed E-state index contributed by atoms with van der Waals surface area (Å²) in [6.45, 7) is 0. The van der Waals surface area contributed by atoms with E-state index in [2.05, 4.69) is 15.9 Å². The van der Waals surface area contributed by atoms with Crippen molar-refractivity contribution in [3.05, 3.63) is 70.7 Å². The molecule has 11 heteroatoms. The zero-order valence-corrected chi connectivity index (χ0v) is 18.5. The summed E-state index contributed by atoms with van der Waals surface area (Å²) in [7, 11) is -2.41. The van der Waals surface area contributed by atoms with Gasteiger partial charge in [0.15, 0.2) is 9.84 Å². The molecule has 0 amide bonds. The number of aromatic hydroxyl groups is 2. The number of halogens is 1. The summed E-state index contributed by atoms with van der Waals surface area (Å²) >= 11 is 3.29. The SMILES string of the molecule is COc1ccc(S(=O)(=O)CC(OC(=O)On2c(O)ccc2O)c2ccc(Br)cc2)cc1. The molecule has 0 spiro atoms. The number of carbonyl (C=O) groups excluding carboxylic acids is 1. The summed E-state index contributed by atoms with van der Waals surface area (Å²) in [5.41, 5.74) is 0.401. The zero-order valence-electron chi connectivity index (χ0n) is 16.1. The fourth-order valence-electron chi connectivity index (χ4n) is 2.66. The van der Waals surface area contributed by atoms with Crippen LogP contribution >= 0.6 is 15.9 Å². The molecule has 9 nitrogen and oxygen atoms in total. The predicted molar refractivity (Wildman–Crippen MR) is 113 cm³/mol. The molecule has 0 bridgehead atoms. The lowest BCUT2D eigenvalue weighted by Crippen LogP contribution is -2.26. The summed E-state index contributed by atoms with van der Waals surface area (Å²) in [5, 5.41) is 19.2. The third-order valence-corrected chi connectivity index (χ3v) is 6.49. The largest absolute Gasteiger partial charge is 0.534 e. The van der Waals surface area contributed by atoms with Gasteiger partial charge >= 0.3 is 6.16 Å². The fourth-order valence-corrected chi connectivity index (χ4v) is 4.33. The normalized spacial score (nSPS) is 12.2. The molecule has 3 rings (SSSR count). The van der Waals surface area contributed by atoms with Crippen molar-refractivity contribution >= 4 is 31.9 Å². The van der Waals surface area contributed by atoms with Crippen LogP contribution in [0.4, 0.5) is 4.79 Å². The third kappa shape index (κ3) is 5.50. The van der Waals surface area contributed by atoms with Gasteiger partial charge in [-0.15, -0.1) is 4.73 Å². The average molecular weight is 512 g/mol. The Hall–Kier alpha value is -3.18. The van der Waals surface area contributed by atoms with Crippen LogP contribution in [0, 0.1) is 0 Å². The maximum Gasteiger partial charge on any atom is 0.534 e. The van der Waals surface area contributed by atoms with Gasteiger partial charge in [-0.05, 0) is 42.0 Å². The Bertz CT molecular complexity index is 1140. The molecule has 1 aromatic heterocycles. The lowest BCUT2D eigenvalue weighted by atomic mass is 10.1. The van der Waals surface area contributed by atoms with Crippen LogP contribution in [0.1, 0.15) is 11.7 Å². The van der Waals surface area contributed by atoms with Gasteiger partial charge in [-0.3, -0.25) is 4.84 Å². The Balaban J connectivity index is 1.85. The van der Waals surface area contributed by atoms with E-state index in [1.165, 1.54) is 31.4 Å². The number of ether oxygens (including phenoxy) is 2. The first-order valence-electron chi connectivity index (χ1n) is 8.80. The Labute approximate surface area is 186 Å². The zero-order chi connectivity index (χ0) is 22.6. The van der Waals surface area contributed by atoms with Crippen molar-refractivity contribution in [1.29, 1.82) is 0 Å². The quantitative estimate of drug-likeness (QED) is 0.462. The molecule has 3 aromatic rings. The monoisotopic (exact) mass is 511 g/mol. The van der Waals surface area contributed by atoms with Gasteiger partial charge < -0.3 is 19.7 Å². The topological polar surface area (TPSA) is 124 Å². The average Bonchev–Trinajstić information content (AvgIpc) is 3.05. The predicted octanol–water partition coefficient (Wildman–Crippen LogP) is 3.45. The first-order valence-corrected chi connectivity index (χ1v) is 11.2. The number of benzene rings is 2. The maximum atomic E-state index is 12.9. The number of hydrogen-bond donors (Lipinski definition) is 2. The summed E-state index contributed by atoms with van der Waals surface area (Å²) in [6.07, 6.45) is -2.55. The molecular formula is C20H18BrNO8S. The smallest absolute Gasteiger partial charge is 0.497 e. The molecule has 0 saturated heterocycles. The number of methoxy groups -OCH3 is 1. The molecule has 164 valence electrons. The van der Waals surface area contributed by atoms with Gasteiger partial charge in [0.1, 0.15) is 11.9 Å². The van der Waals surface area contributed by atoms with Gasteiger partial charge in [-0.2, -0.15) is 0 Å². The maximum absolute atomic E-state index is 12.9. The molecule has 31 heavy (non-hydrogen) atoms. The number of aromatic nitrogens is 1. The van der Waals surface area contributed by atoms with Crippen LogP contribution in [0.2, 0.25) is 0 Å². The minimum absolute atomic E-state index is 0.0214. The van der Waals surface area contributed by atoms with Gasteiger partial charge in [0, 0.05) is 16.6 Å².